The smallest absolute Gasteiger partial charge is 0.323 e. The fourth-order valence-corrected chi connectivity index (χ4v) is 2.14. The molecule has 0 aromatic heterocycles. The van der Waals surface area contributed by atoms with Crippen LogP contribution in [0.4, 0.5) is 0 Å². The van der Waals surface area contributed by atoms with Crippen molar-refractivity contribution >= 4 is 28.8 Å². The lowest BCUT2D eigenvalue weighted by Gasteiger charge is -2.23. The SMILES string of the molecule is CC(=O)SCC(C)C(=O)N(CC(=O)O)C1CC1. The molecule has 0 radical (unpaired) electrons. The summed E-state index contributed by atoms with van der Waals surface area (Å²) in [6, 6.07) is 0.0865. The van der Waals surface area contributed by atoms with Crippen molar-refractivity contribution < 1.29 is 19.5 Å². The lowest BCUT2D eigenvalue weighted by molar-refractivity contribution is -0.146. The molecule has 0 saturated heterocycles. The Bertz CT molecular complexity index is 327. The molecule has 5 nitrogen and oxygen atoms in total. The third-order valence-electron chi connectivity index (χ3n) is 2.53. The van der Waals surface area contributed by atoms with Crippen LogP contribution in [0.5, 0.6) is 0 Å². The van der Waals surface area contributed by atoms with Gasteiger partial charge in [-0.1, -0.05) is 18.7 Å². The van der Waals surface area contributed by atoms with Crippen molar-refractivity contribution in [2.24, 2.45) is 5.92 Å². The van der Waals surface area contributed by atoms with Crippen LogP contribution < -0.4 is 0 Å². The maximum Gasteiger partial charge on any atom is 0.323 e. The van der Waals surface area contributed by atoms with Gasteiger partial charge in [-0.2, -0.15) is 0 Å². The van der Waals surface area contributed by atoms with Crippen LogP contribution in [0.3, 0.4) is 0 Å². The molecule has 0 bridgehead atoms. The molecule has 1 rings (SSSR count). The fourth-order valence-electron chi connectivity index (χ4n) is 1.52. The molecular weight excluding hydrogens is 242 g/mol. The quantitative estimate of drug-likeness (QED) is 0.769. The number of rotatable bonds is 6. The molecule has 1 N–H and O–H groups in total. The first kappa shape index (κ1) is 14.0. The van der Waals surface area contributed by atoms with Crippen LogP contribution in [0.2, 0.25) is 0 Å². The monoisotopic (exact) mass is 259 g/mol. The van der Waals surface area contributed by atoms with Crippen molar-refractivity contribution in [1.82, 2.24) is 4.90 Å². The maximum atomic E-state index is 12.0. The van der Waals surface area contributed by atoms with Gasteiger partial charge in [-0.15, -0.1) is 0 Å². The van der Waals surface area contributed by atoms with Crippen LogP contribution in [0.25, 0.3) is 0 Å². The number of carbonyl (C=O) groups excluding carboxylic acids is 2. The van der Waals surface area contributed by atoms with Gasteiger partial charge in [0.05, 0.1) is 0 Å². The highest BCUT2D eigenvalue weighted by Crippen LogP contribution is 2.28. The van der Waals surface area contributed by atoms with Gasteiger partial charge in [0, 0.05) is 24.6 Å². The van der Waals surface area contributed by atoms with Crippen molar-refractivity contribution in [2.75, 3.05) is 12.3 Å². The summed E-state index contributed by atoms with van der Waals surface area (Å²) in [5.41, 5.74) is 0. The van der Waals surface area contributed by atoms with Gasteiger partial charge in [-0.25, -0.2) is 0 Å². The van der Waals surface area contributed by atoms with E-state index < -0.39 is 5.97 Å². The summed E-state index contributed by atoms with van der Waals surface area (Å²) >= 11 is 1.10. The second kappa shape index (κ2) is 6.05. The first-order valence-corrected chi connectivity index (χ1v) is 6.56. The number of nitrogens with zero attached hydrogens (tertiary/aromatic N) is 1. The molecule has 0 spiro atoms. The number of hydrogen-bond acceptors (Lipinski definition) is 4. The van der Waals surface area contributed by atoms with Gasteiger partial charge in [0.2, 0.25) is 5.91 Å². The van der Waals surface area contributed by atoms with Gasteiger partial charge in [0.25, 0.3) is 0 Å². The molecule has 0 aromatic carbocycles. The van der Waals surface area contributed by atoms with Crippen LogP contribution >= 0.6 is 11.8 Å². The molecule has 0 aromatic rings. The normalized spacial score (nSPS) is 16.4. The number of hydrogen-bond donors (Lipinski definition) is 1. The van der Waals surface area contributed by atoms with Crippen LogP contribution in [-0.2, 0) is 14.4 Å². The highest BCUT2D eigenvalue weighted by Gasteiger charge is 2.35. The van der Waals surface area contributed by atoms with E-state index in [1.165, 1.54) is 11.8 Å². The Labute approximate surface area is 105 Å². The molecule has 0 heterocycles. The Kier molecular flexibility index (Phi) is 4.99. The summed E-state index contributed by atoms with van der Waals surface area (Å²) in [6.45, 7) is 2.95. The van der Waals surface area contributed by atoms with Crippen LogP contribution in [0.15, 0.2) is 0 Å². The standard InChI is InChI=1S/C11H17NO4S/c1-7(6-17-8(2)13)11(16)12(5-10(14)15)9-3-4-9/h7,9H,3-6H2,1-2H3,(H,14,15). The van der Waals surface area contributed by atoms with Crippen molar-refractivity contribution in [1.29, 1.82) is 0 Å². The van der Waals surface area contributed by atoms with E-state index in [2.05, 4.69) is 0 Å². The topological polar surface area (TPSA) is 74.7 Å². The van der Waals surface area contributed by atoms with E-state index >= 15 is 0 Å². The number of amides is 1. The lowest BCUT2D eigenvalue weighted by Crippen LogP contribution is -2.41. The highest BCUT2D eigenvalue weighted by molar-refractivity contribution is 8.13. The number of carboxylic acid groups (broad SMARTS) is 1. The van der Waals surface area contributed by atoms with Gasteiger partial charge < -0.3 is 10.0 Å². The van der Waals surface area contributed by atoms with Crippen molar-refractivity contribution in [2.45, 2.75) is 32.7 Å². The van der Waals surface area contributed by atoms with Gasteiger partial charge in [0.15, 0.2) is 5.12 Å². The molecule has 1 saturated carbocycles. The minimum Gasteiger partial charge on any atom is -0.480 e. The zero-order valence-electron chi connectivity index (χ0n) is 10.0. The third kappa shape index (κ3) is 4.77. The van der Waals surface area contributed by atoms with Gasteiger partial charge in [-0.3, -0.25) is 14.4 Å². The Morgan fingerprint density at radius 2 is 2.00 bits per heavy atom. The van der Waals surface area contributed by atoms with E-state index in [0.29, 0.717) is 5.75 Å². The number of carbonyl (C=O) groups is 3. The van der Waals surface area contributed by atoms with Crippen LogP contribution in [0.1, 0.15) is 26.7 Å². The predicted molar refractivity (Wildman–Crippen MR) is 64.7 cm³/mol. The van der Waals surface area contributed by atoms with E-state index in [1.807, 2.05) is 0 Å². The molecule has 1 aliphatic rings. The van der Waals surface area contributed by atoms with E-state index in [4.69, 9.17) is 5.11 Å². The zero-order chi connectivity index (χ0) is 13.0. The van der Waals surface area contributed by atoms with E-state index in [-0.39, 0.29) is 29.5 Å². The molecule has 0 aliphatic heterocycles. The lowest BCUT2D eigenvalue weighted by atomic mass is 10.2. The zero-order valence-corrected chi connectivity index (χ0v) is 10.8. The van der Waals surface area contributed by atoms with E-state index in [1.54, 1.807) is 6.92 Å². The summed E-state index contributed by atoms with van der Waals surface area (Å²) in [5, 5.41) is 8.73. The highest BCUT2D eigenvalue weighted by atomic mass is 32.2. The minimum atomic E-state index is -0.989. The average molecular weight is 259 g/mol. The second-order valence-electron chi connectivity index (χ2n) is 4.29. The molecule has 1 aliphatic carbocycles. The summed E-state index contributed by atoms with van der Waals surface area (Å²) in [6.07, 6.45) is 1.76. The Morgan fingerprint density at radius 3 is 2.41 bits per heavy atom. The molecule has 17 heavy (non-hydrogen) atoms. The van der Waals surface area contributed by atoms with Crippen LogP contribution in [-0.4, -0.2) is 45.3 Å². The fraction of sp³-hybridized carbons (Fsp3) is 0.727. The molecule has 1 atom stereocenters. The predicted octanol–water partition coefficient (Wildman–Crippen LogP) is 0.978. The van der Waals surface area contributed by atoms with Gasteiger partial charge >= 0.3 is 5.97 Å². The van der Waals surface area contributed by atoms with E-state index in [9.17, 15) is 14.4 Å². The van der Waals surface area contributed by atoms with Gasteiger partial charge in [0.1, 0.15) is 6.54 Å². The number of carboxylic acids is 1. The maximum absolute atomic E-state index is 12.0. The van der Waals surface area contributed by atoms with E-state index in [0.717, 1.165) is 24.6 Å². The van der Waals surface area contributed by atoms with Crippen molar-refractivity contribution in [3.8, 4) is 0 Å². The number of thioether (sulfide) groups is 1. The van der Waals surface area contributed by atoms with Gasteiger partial charge in [-0.05, 0) is 12.8 Å². The first-order chi connectivity index (χ1) is 7.91. The summed E-state index contributed by atoms with van der Waals surface area (Å²) in [7, 11) is 0. The number of aliphatic carboxylic acids is 1. The summed E-state index contributed by atoms with van der Waals surface area (Å²) in [5.74, 6) is -1.05. The van der Waals surface area contributed by atoms with Crippen molar-refractivity contribution in [3.63, 3.8) is 0 Å². The Morgan fingerprint density at radius 1 is 1.41 bits per heavy atom. The molecule has 1 unspecified atom stereocenters. The Hall–Kier alpha value is -1.04. The minimum absolute atomic E-state index is 0.0270. The molecule has 1 fully saturated rings. The Balaban J connectivity index is 2.51. The molecule has 1 amide bonds. The average Bonchev–Trinajstić information content (AvgIpc) is 3.04. The molecule has 6 heteroatoms. The largest absolute Gasteiger partial charge is 0.480 e. The first-order valence-electron chi connectivity index (χ1n) is 5.57. The third-order valence-corrected chi connectivity index (χ3v) is 3.61. The molecular formula is C11H17NO4S. The molecule has 96 valence electrons. The summed E-state index contributed by atoms with van der Waals surface area (Å²) < 4.78 is 0. The van der Waals surface area contributed by atoms with Crippen molar-refractivity contribution in [3.05, 3.63) is 0 Å². The second-order valence-corrected chi connectivity index (χ2v) is 5.49. The summed E-state index contributed by atoms with van der Waals surface area (Å²) in [4.78, 5) is 34.9. The van der Waals surface area contributed by atoms with Crippen LogP contribution in [0, 0.1) is 5.92 Å².